The fourth-order valence-electron chi connectivity index (χ4n) is 5.32. The number of piperidine rings is 1. The van der Waals surface area contributed by atoms with Gasteiger partial charge in [-0.15, -0.1) is 0 Å². The lowest BCUT2D eigenvalue weighted by Gasteiger charge is -2.29. The number of benzene rings is 2. The van der Waals surface area contributed by atoms with Gasteiger partial charge in [0, 0.05) is 23.7 Å². The smallest absolute Gasteiger partial charge is 0.257 e. The second-order valence-corrected chi connectivity index (χ2v) is 9.90. The third-order valence-electron chi connectivity index (χ3n) is 7.19. The fourth-order valence-corrected chi connectivity index (χ4v) is 5.32. The van der Waals surface area contributed by atoms with Gasteiger partial charge in [0.25, 0.3) is 5.91 Å². The molecule has 2 aliphatic heterocycles. The van der Waals surface area contributed by atoms with E-state index >= 15 is 0 Å². The molecule has 0 spiro atoms. The first-order valence-electron chi connectivity index (χ1n) is 13.0. The van der Waals surface area contributed by atoms with Gasteiger partial charge in [0.15, 0.2) is 0 Å². The number of aromatic nitrogens is 2. The average molecular weight is 494 g/mol. The minimum atomic E-state index is -0.273. The van der Waals surface area contributed by atoms with E-state index in [-0.39, 0.29) is 11.9 Å². The molecule has 7 nitrogen and oxygen atoms in total. The third kappa shape index (κ3) is 4.87. The highest BCUT2D eigenvalue weighted by molar-refractivity contribution is 6.01. The molecular weight excluding hydrogens is 462 g/mol. The maximum atomic E-state index is 13.7. The number of amides is 1. The summed E-state index contributed by atoms with van der Waals surface area (Å²) < 4.78 is 7.59. The Labute approximate surface area is 217 Å². The monoisotopic (exact) mass is 493 g/mol. The van der Waals surface area contributed by atoms with E-state index in [1.54, 1.807) is 11.3 Å². The van der Waals surface area contributed by atoms with E-state index in [0.717, 1.165) is 59.7 Å². The van der Waals surface area contributed by atoms with Gasteiger partial charge in [-0.05, 0) is 63.2 Å². The summed E-state index contributed by atoms with van der Waals surface area (Å²) in [6.45, 7) is 4.37. The van der Waals surface area contributed by atoms with Crippen LogP contribution < -0.4 is 0 Å². The number of carbonyl (C=O) groups excluding carboxylic acids is 1. The fraction of sp³-hybridized carbons (Fsp3) is 0.300. The third-order valence-corrected chi connectivity index (χ3v) is 7.19. The zero-order chi connectivity index (χ0) is 25.2. The Morgan fingerprint density at radius 1 is 1.00 bits per heavy atom. The highest BCUT2D eigenvalue weighted by atomic mass is 16.3. The summed E-state index contributed by atoms with van der Waals surface area (Å²) in [5.74, 6) is 0.710. The lowest BCUT2D eigenvalue weighted by atomic mass is 9.97. The first-order valence-corrected chi connectivity index (χ1v) is 13.0. The first kappa shape index (κ1) is 23.4. The number of likely N-dealkylation sites (tertiary alicyclic amines) is 1. The van der Waals surface area contributed by atoms with Crippen molar-refractivity contribution in [3.05, 3.63) is 96.1 Å². The summed E-state index contributed by atoms with van der Waals surface area (Å²) in [5.41, 5.74) is 5.79. The molecule has 7 heteroatoms. The van der Waals surface area contributed by atoms with Crippen LogP contribution in [0.1, 0.15) is 48.6 Å². The minimum absolute atomic E-state index is 0.0103. The molecule has 188 valence electrons. The first-order chi connectivity index (χ1) is 18.2. The lowest BCUT2D eigenvalue weighted by molar-refractivity contribution is -0.134. The molecule has 37 heavy (non-hydrogen) atoms. The summed E-state index contributed by atoms with van der Waals surface area (Å²) in [5, 5.41) is 11.5. The Bertz CT molecular complexity index is 1400. The second kappa shape index (κ2) is 10.2. The topological polar surface area (TPSA) is 66.9 Å². The molecule has 1 fully saturated rings. The summed E-state index contributed by atoms with van der Waals surface area (Å²) >= 11 is 0. The number of carbonyl (C=O) groups is 1. The van der Waals surface area contributed by atoms with Crippen molar-refractivity contribution in [2.75, 3.05) is 19.6 Å². The standard InChI is InChI=1S/C30H31N5O2/c1-22-10-8-11-23(18-22)30-25(20-34(32-30)24-12-4-2-5-13-24)27-19-26(28-14-9-17-37-28)31-35(27)29(36)21-33-15-6-3-7-16-33/h2,4-5,8-14,17-18,20,27H,3,6-7,15-16,19,21H2,1H3/t27-/m1/s1. The molecule has 0 aliphatic carbocycles. The van der Waals surface area contributed by atoms with Crippen LogP contribution in [0, 0.1) is 6.92 Å². The normalized spacial score (nSPS) is 18.2. The number of aryl methyl sites for hydroxylation is 1. The summed E-state index contributed by atoms with van der Waals surface area (Å²) in [6, 6.07) is 21.9. The van der Waals surface area contributed by atoms with Crippen molar-refractivity contribution in [1.29, 1.82) is 0 Å². The largest absolute Gasteiger partial charge is 0.463 e. The average Bonchev–Trinajstić information content (AvgIpc) is 3.69. The van der Waals surface area contributed by atoms with Crippen LogP contribution in [-0.2, 0) is 4.79 Å². The molecule has 0 bridgehead atoms. The van der Waals surface area contributed by atoms with Gasteiger partial charge < -0.3 is 4.42 Å². The SMILES string of the molecule is Cc1cccc(-c2nn(-c3ccccc3)cc2[C@H]2CC(c3ccco3)=NN2C(=O)CN2CCCCC2)c1. The highest BCUT2D eigenvalue weighted by Crippen LogP contribution is 2.38. The summed E-state index contributed by atoms with van der Waals surface area (Å²) in [4.78, 5) is 16.0. The van der Waals surface area contributed by atoms with E-state index in [2.05, 4.69) is 42.3 Å². The predicted molar refractivity (Wildman–Crippen MR) is 143 cm³/mol. The van der Waals surface area contributed by atoms with Crippen LogP contribution in [0.15, 0.2) is 88.7 Å². The predicted octanol–water partition coefficient (Wildman–Crippen LogP) is 5.60. The van der Waals surface area contributed by atoms with Crippen LogP contribution in [-0.4, -0.2) is 50.9 Å². The molecule has 6 rings (SSSR count). The maximum Gasteiger partial charge on any atom is 0.257 e. The van der Waals surface area contributed by atoms with Crippen LogP contribution in [0.3, 0.4) is 0 Å². The Morgan fingerprint density at radius 2 is 1.84 bits per heavy atom. The number of hydrogen-bond acceptors (Lipinski definition) is 5. The van der Waals surface area contributed by atoms with Gasteiger partial charge in [-0.25, -0.2) is 9.69 Å². The van der Waals surface area contributed by atoms with E-state index in [1.165, 1.54) is 6.42 Å². The maximum absolute atomic E-state index is 13.7. The second-order valence-electron chi connectivity index (χ2n) is 9.90. The van der Waals surface area contributed by atoms with Crippen LogP contribution in [0.5, 0.6) is 0 Å². The number of furan rings is 1. The Balaban J connectivity index is 1.42. The Morgan fingerprint density at radius 3 is 2.59 bits per heavy atom. The molecule has 0 radical (unpaired) electrons. The van der Waals surface area contributed by atoms with Crippen molar-refractivity contribution in [3.63, 3.8) is 0 Å². The highest BCUT2D eigenvalue weighted by Gasteiger charge is 2.37. The van der Waals surface area contributed by atoms with Gasteiger partial charge in [0.2, 0.25) is 0 Å². The Hall–Kier alpha value is -3.97. The molecule has 4 aromatic rings. The van der Waals surface area contributed by atoms with Gasteiger partial charge in [-0.2, -0.15) is 10.2 Å². The molecule has 1 amide bonds. The van der Waals surface area contributed by atoms with Crippen molar-refractivity contribution < 1.29 is 9.21 Å². The van der Waals surface area contributed by atoms with Crippen molar-refractivity contribution in [2.24, 2.45) is 5.10 Å². The van der Waals surface area contributed by atoms with Gasteiger partial charge in [0.1, 0.15) is 11.5 Å². The zero-order valence-electron chi connectivity index (χ0n) is 21.1. The number of rotatable bonds is 6. The van der Waals surface area contributed by atoms with E-state index < -0.39 is 0 Å². The van der Waals surface area contributed by atoms with Crippen LogP contribution in [0.4, 0.5) is 0 Å². The molecule has 2 aromatic carbocycles. The lowest BCUT2D eigenvalue weighted by Crippen LogP contribution is -2.40. The number of para-hydroxylation sites is 1. The number of hydrogen-bond donors (Lipinski definition) is 0. The van der Waals surface area contributed by atoms with Crippen molar-refractivity contribution >= 4 is 11.6 Å². The van der Waals surface area contributed by atoms with Crippen LogP contribution in [0.2, 0.25) is 0 Å². The van der Waals surface area contributed by atoms with E-state index in [0.29, 0.717) is 18.7 Å². The van der Waals surface area contributed by atoms with Gasteiger partial charge in [0.05, 0.1) is 30.2 Å². The van der Waals surface area contributed by atoms with Crippen molar-refractivity contribution in [3.8, 4) is 16.9 Å². The molecule has 0 unspecified atom stereocenters. The van der Waals surface area contributed by atoms with Crippen molar-refractivity contribution in [1.82, 2.24) is 19.7 Å². The summed E-state index contributed by atoms with van der Waals surface area (Å²) in [7, 11) is 0. The van der Waals surface area contributed by atoms with E-state index in [4.69, 9.17) is 14.6 Å². The molecule has 1 atom stereocenters. The number of nitrogens with zero attached hydrogens (tertiary/aromatic N) is 5. The van der Waals surface area contributed by atoms with Gasteiger partial charge in [-0.3, -0.25) is 9.69 Å². The molecule has 0 saturated carbocycles. The van der Waals surface area contributed by atoms with Gasteiger partial charge >= 0.3 is 0 Å². The van der Waals surface area contributed by atoms with E-state index in [9.17, 15) is 4.79 Å². The molecule has 2 aliphatic rings. The van der Waals surface area contributed by atoms with Crippen LogP contribution >= 0.6 is 0 Å². The molecule has 1 saturated heterocycles. The summed E-state index contributed by atoms with van der Waals surface area (Å²) in [6.07, 6.45) is 7.78. The van der Waals surface area contributed by atoms with Gasteiger partial charge in [-0.1, -0.05) is 48.4 Å². The molecule has 4 heterocycles. The number of hydrazone groups is 1. The molecule has 0 N–H and O–H groups in total. The quantitative estimate of drug-likeness (QED) is 0.350. The van der Waals surface area contributed by atoms with E-state index in [1.807, 2.05) is 47.1 Å². The molecular formula is C30H31N5O2. The zero-order valence-corrected chi connectivity index (χ0v) is 21.1. The minimum Gasteiger partial charge on any atom is -0.463 e. The van der Waals surface area contributed by atoms with Crippen molar-refractivity contribution in [2.45, 2.75) is 38.6 Å². The molecule has 2 aromatic heterocycles. The van der Waals surface area contributed by atoms with Crippen LogP contribution in [0.25, 0.3) is 16.9 Å². The Kier molecular flexibility index (Phi) is 6.45.